The predicted molar refractivity (Wildman–Crippen MR) is 222 cm³/mol. The molecule has 6 rings (SSSR count). The Hall–Kier alpha value is -4.22. The fraction of sp³-hybridized carbons (Fsp3) is 0.452. The number of fused-ring (bicyclic) bond motifs is 7. The van der Waals surface area contributed by atoms with E-state index in [4.69, 9.17) is 19.2 Å². The van der Waals surface area contributed by atoms with E-state index in [9.17, 15) is 35.1 Å². The number of nitrogens with zero attached hydrogens (tertiary/aromatic N) is 2. The third kappa shape index (κ3) is 6.82. The molecule has 300 valence electrons. The second-order valence-corrected chi connectivity index (χ2v) is 16.9. The van der Waals surface area contributed by atoms with E-state index >= 15 is 0 Å². The molecule has 1 amide bonds. The highest BCUT2D eigenvalue weighted by atomic mass is 127. The zero-order chi connectivity index (χ0) is 41.1. The highest BCUT2D eigenvalue weighted by Gasteiger charge is 2.52. The van der Waals surface area contributed by atoms with Gasteiger partial charge in [0.15, 0.2) is 11.9 Å². The van der Waals surface area contributed by atoms with Gasteiger partial charge in [-0.05, 0) is 58.4 Å². The molecule has 2 aliphatic rings. The molecule has 10 atom stereocenters. The number of anilines is 1. The smallest absolute Gasteiger partial charge is 0.251 e. The predicted octanol–water partition coefficient (Wildman–Crippen LogP) is 6.75. The van der Waals surface area contributed by atoms with Crippen molar-refractivity contribution in [2.24, 2.45) is 17.8 Å². The minimum absolute atomic E-state index is 0.00858. The first kappa shape index (κ1) is 41.4. The number of carbonyl (C=O) groups is 2. The molecule has 0 aliphatic carbocycles. The lowest BCUT2D eigenvalue weighted by Crippen LogP contribution is -2.60. The summed E-state index contributed by atoms with van der Waals surface area (Å²) in [4.78, 5) is 32.0. The SMILES string of the molecule is CO[C@@H](/C=C/O)[C@@H](I)[C@@H](O)[C@H](C)[C@H](O)[C@H](C)[C@H]1O[C@@](C)(/C=C/C=C(/C)C(=O)Nc2c(O)c3c(O)c(C)c4c(c3c3nc5cc(C)ccn5c23)C(=O)C(C)O4)[C@@H]1C. The summed E-state index contributed by atoms with van der Waals surface area (Å²) in [5, 5.41) is 57.8. The fourth-order valence-electron chi connectivity index (χ4n) is 7.98. The van der Waals surface area contributed by atoms with Gasteiger partial charge in [-0.25, -0.2) is 4.98 Å². The summed E-state index contributed by atoms with van der Waals surface area (Å²) in [6.45, 7) is 14.4. The Morgan fingerprint density at radius 3 is 2.48 bits per heavy atom. The second kappa shape index (κ2) is 15.6. The topological polar surface area (TPSA) is 192 Å². The Bertz CT molecular complexity index is 2320. The number of imidazole rings is 1. The van der Waals surface area contributed by atoms with Crippen molar-refractivity contribution in [3.8, 4) is 17.2 Å². The van der Waals surface area contributed by atoms with Crippen LogP contribution in [0.25, 0.3) is 27.5 Å². The number of amides is 1. The zero-order valence-corrected chi connectivity index (χ0v) is 35.0. The first-order chi connectivity index (χ1) is 26.4. The number of nitrogens with one attached hydrogen (secondary N) is 1. The summed E-state index contributed by atoms with van der Waals surface area (Å²) in [5.41, 5.74) is 2.26. The minimum atomic E-state index is -0.919. The average Bonchev–Trinajstić information content (AvgIpc) is 3.69. The van der Waals surface area contributed by atoms with Crippen LogP contribution in [0.2, 0.25) is 0 Å². The molecular weight excluding hydrogens is 833 g/mol. The van der Waals surface area contributed by atoms with Crippen molar-refractivity contribution in [3.63, 3.8) is 0 Å². The first-order valence-corrected chi connectivity index (χ1v) is 19.9. The number of ether oxygens (including phenoxy) is 3. The van der Waals surface area contributed by atoms with E-state index in [-0.39, 0.29) is 57.2 Å². The number of pyridine rings is 1. The molecule has 0 spiro atoms. The second-order valence-electron chi connectivity index (χ2n) is 15.4. The lowest BCUT2D eigenvalue weighted by atomic mass is 9.71. The number of rotatable bonds is 12. The summed E-state index contributed by atoms with van der Waals surface area (Å²) in [6, 6.07) is 3.70. The van der Waals surface area contributed by atoms with Gasteiger partial charge in [0, 0.05) is 47.6 Å². The number of phenolic OH excluding ortho intramolecular Hbond substituents is 2. The summed E-state index contributed by atoms with van der Waals surface area (Å²) >= 11 is 2.06. The van der Waals surface area contributed by atoms with Gasteiger partial charge in [-0.15, -0.1) is 0 Å². The van der Waals surface area contributed by atoms with Crippen molar-refractivity contribution in [3.05, 3.63) is 71.2 Å². The Morgan fingerprint density at radius 2 is 1.84 bits per heavy atom. The van der Waals surface area contributed by atoms with E-state index in [2.05, 4.69) is 27.9 Å². The van der Waals surface area contributed by atoms with Gasteiger partial charge in [-0.1, -0.05) is 61.6 Å². The number of allylic oxidation sites excluding steroid dienone is 2. The van der Waals surface area contributed by atoms with Crippen molar-refractivity contribution >= 4 is 67.4 Å². The van der Waals surface area contributed by atoms with E-state index in [0.29, 0.717) is 27.8 Å². The molecule has 1 saturated heterocycles. The number of aliphatic hydroxyl groups excluding tert-OH is 3. The summed E-state index contributed by atoms with van der Waals surface area (Å²) < 4.78 is 18.9. The van der Waals surface area contributed by atoms with Gasteiger partial charge in [-0.3, -0.25) is 14.0 Å². The number of phenols is 2. The van der Waals surface area contributed by atoms with Crippen LogP contribution in [0.5, 0.6) is 17.2 Å². The molecule has 0 bridgehead atoms. The number of carbonyl (C=O) groups excluding carboxylic acids is 2. The number of ketones is 1. The van der Waals surface area contributed by atoms with Crippen LogP contribution in [0.3, 0.4) is 0 Å². The van der Waals surface area contributed by atoms with Crippen LogP contribution in [0.1, 0.15) is 63.0 Å². The molecule has 6 N–H and O–H groups in total. The number of aromatic hydroxyl groups is 2. The molecule has 4 heterocycles. The number of hydrogen-bond acceptors (Lipinski definition) is 11. The van der Waals surface area contributed by atoms with E-state index in [1.165, 1.54) is 13.2 Å². The van der Waals surface area contributed by atoms with Gasteiger partial charge in [0.25, 0.3) is 5.91 Å². The van der Waals surface area contributed by atoms with Crippen LogP contribution in [-0.4, -0.2) is 93.8 Å². The lowest BCUT2D eigenvalue weighted by Gasteiger charge is -2.54. The van der Waals surface area contributed by atoms with Crippen LogP contribution < -0.4 is 10.1 Å². The number of alkyl halides is 1. The molecule has 1 unspecified atom stereocenters. The molecule has 0 radical (unpaired) electrons. The van der Waals surface area contributed by atoms with E-state index in [0.717, 1.165) is 11.8 Å². The Labute approximate surface area is 338 Å². The molecule has 13 nitrogen and oxygen atoms in total. The van der Waals surface area contributed by atoms with E-state index in [1.54, 1.807) is 50.4 Å². The normalized spacial score (nSPS) is 24.7. The molecule has 56 heavy (non-hydrogen) atoms. The quantitative estimate of drug-likeness (QED) is 0.0220. The molecule has 1 fully saturated rings. The third-order valence-corrected chi connectivity index (χ3v) is 13.2. The largest absolute Gasteiger partial charge is 0.516 e. The van der Waals surface area contributed by atoms with Crippen LogP contribution in [-0.2, 0) is 14.3 Å². The highest BCUT2D eigenvalue weighted by molar-refractivity contribution is 14.1. The number of aromatic nitrogens is 2. The van der Waals surface area contributed by atoms with Crippen molar-refractivity contribution in [2.45, 2.75) is 95.4 Å². The standard InChI is InChI=1S/C42H50IN3O10/c1-18-12-15-46-26(17-18)44-31-27-28(35(49)22(5)40-29(27)37(51)24(7)55-40)38(52)32(33(31)46)45-41(53)19(2)11-10-14-42(8)23(6)39(56-42)21(4)34(48)20(3)36(50)30(43)25(54-9)13-16-47/h10-17,20-21,23-25,30,34,36,39,47-50,52H,1-9H3,(H,45,53)/b14-10+,16-13+,19-11-/t20-,21+,23-,24?,25+,30-,34+,36+,39-,42+/m1/s1. The van der Waals surface area contributed by atoms with Gasteiger partial charge >= 0.3 is 0 Å². The first-order valence-electron chi connectivity index (χ1n) is 18.6. The maximum absolute atomic E-state index is 13.8. The Balaban J connectivity index is 1.24. The fourth-order valence-corrected chi connectivity index (χ4v) is 9.17. The molecule has 2 aromatic heterocycles. The lowest BCUT2D eigenvalue weighted by molar-refractivity contribution is -0.250. The van der Waals surface area contributed by atoms with E-state index < -0.39 is 51.5 Å². The van der Waals surface area contributed by atoms with Crippen molar-refractivity contribution < 1.29 is 49.3 Å². The molecule has 14 heteroatoms. The summed E-state index contributed by atoms with van der Waals surface area (Å²) in [7, 11) is 1.49. The van der Waals surface area contributed by atoms with Gasteiger partial charge in [-0.2, -0.15) is 0 Å². The molecular formula is C42H50IN3O10. The number of halogens is 1. The van der Waals surface area contributed by atoms with E-state index in [1.807, 2.05) is 45.9 Å². The molecule has 2 aromatic carbocycles. The molecule has 2 aliphatic heterocycles. The van der Waals surface area contributed by atoms with Gasteiger partial charge in [0.1, 0.15) is 33.9 Å². The average molecular weight is 884 g/mol. The number of aryl methyl sites for hydroxylation is 1. The molecule has 0 saturated carbocycles. The Morgan fingerprint density at radius 1 is 1.14 bits per heavy atom. The number of aliphatic hydroxyl groups is 3. The highest BCUT2D eigenvalue weighted by Crippen LogP contribution is 2.52. The Kier molecular flexibility index (Phi) is 11.5. The monoisotopic (exact) mass is 883 g/mol. The minimum Gasteiger partial charge on any atom is -0.516 e. The number of Topliss-reactive ketones (excluding diaryl/α,β-unsaturated/α-hetero) is 1. The van der Waals surface area contributed by atoms with Crippen LogP contribution in [0.4, 0.5) is 5.69 Å². The maximum atomic E-state index is 13.8. The zero-order valence-electron chi connectivity index (χ0n) is 32.9. The maximum Gasteiger partial charge on any atom is 0.251 e. The van der Waals surface area contributed by atoms with Gasteiger partial charge in [0.05, 0.1) is 51.2 Å². The van der Waals surface area contributed by atoms with Crippen LogP contribution in [0, 0.1) is 31.6 Å². The van der Waals surface area contributed by atoms with Crippen molar-refractivity contribution in [1.29, 1.82) is 0 Å². The summed E-state index contributed by atoms with van der Waals surface area (Å²) in [6.07, 6.45) is 5.89. The number of hydrogen-bond donors (Lipinski definition) is 6. The van der Waals surface area contributed by atoms with Crippen LogP contribution in [0.15, 0.2) is 54.5 Å². The van der Waals surface area contributed by atoms with Gasteiger partial charge in [0.2, 0.25) is 5.78 Å². The van der Waals surface area contributed by atoms with Crippen molar-refractivity contribution in [1.82, 2.24) is 9.38 Å². The van der Waals surface area contributed by atoms with Crippen molar-refractivity contribution in [2.75, 3.05) is 12.4 Å². The third-order valence-electron chi connectivity index (χ3n) is 11.8. The summed E-state index contributed by atoms with van der Waals surface area (Å²) in [5.74, 6) is -2.12. The number of benzene rings is 2. The van der Waals surface area contributed by atoms with Crippen LogP contribution >= 0.6 is 22.6 Å². The molecule has 4 aromatic rings. The van der Waals surface area contributed by atoms with Gasteiger partial charge < -0.3 is 45.1 Å². The number of methoxy groups -OCH3 is 1.